The number of aliphatic carboxylic acids is 1. The van der Waals surface area contributed by atoms with Crippen molar-refractivity contribution in [1.82, 2.24) is 10.2 Å². The van der Waals surface area contributed by atoms with E-state index in [4.69, 9.17) is 0 Å². The molecule has 0 aliphatic rings. The fourth-order valence-corrected chi connectivity index (χ4v) is 1.45. The van der Waals surface area contributed by atoms with Crippen molar-refractivity contribution in [2.45, 2.75) is 51.6 Å². The van der Waals surface area contributed by atoms with Gasteiger partial charge in [-0.05, 0) is 26.7 Å². The van der Waals surface area contributed by atoms with Gasteiger partial charge in [-0.25, -0.2) is 9.59 Å². The average Bonchev–Trinajstić information content (AvgIpc) is 2.34. The standard InChI is InChI=1S/C12H24N2O4/c1-6-12(7-2,9(16)17)13-10(18)14(5)11(3,4)8-15/h15H,6-8H2,1-5H3,(H,13,18)(H,16,17). The second-order valence-corrected chi connectivity index (χ2v) is 5.05. The van der Waals surface area contributed by atoms with Crippen LogP contribution in [0.4, 0.5) is 4.79 Å². The second-order valence-electron chi connectivity index (χ2n) is 5.05. The number of aliphatic hydroxyl groups is 1. The third kappa shape index (κ3) is 3.35. The molecule has 0 atom stereocenters. The maximum atomic E-state index is 12.0. The van der Waals surface area contributed by atoms with Crippen LogP contribution in [0.5, 0.6) is 0 Å². The minimum atomic E-state index is -1.25. The maximum absolute atomic E-state index is 12.0. The number of amides is 2. The van der Waals surface area contributed by atoms with Crippen molar-refractivity contribution in [3.63, 3.8) is 0 Å². The van der Waals surface area contributed by atoms with Crippen LogP contribution in [0.25, 0.3) is 0 Å². The number of hydrogen-bond donors (Lipinski definition) is 3. The van der Waals surface area contributed by atoms with Gasteiger partial charge in [0.2, 0.25) is 0 Å². The molecule has 0 saturated carbocycles. The zero-order valence-corrected chi connectivity index (χ0v) is 11.8. The Hall–Kier alpha value is -1.30. The van der Waals surface area contributed by atoms with Crippen molar-refractivity contribution in [2.75, 3.05) is 13.7 Å². The van der Waals surface area contributed by atoms with E-state index in [9.17, 15) is 19.8 Å². The van der Waals surface area contributed by atoms with Gasteiger partial charge in [-0.2, -0.15) is 0 Å². The summed E-state index contributed by atoms with van der Waals surface area (Å²) in [4.78, 5) is 24.6. The molecule has 18 heavy (non-hydrogen) atoms. The number of nitrogens with one attached hydrogen (secondary N) is 1. The van der Waals surface area contributed by atoms with Gasteiger partial charge in [-0.3, -0.25) is 0 Å². The van der Waals surface area contributed by atoms with E-state index in [0.717, 1.165) is 0 Å². The lowest BCUT2D eigenvalue weighted by atomic mass is 9.93. The Kier molecular flexibility index (Phi) is 5.60. The van der Waals surface area contributed by atoms with E-state index < -0.39 is 23.1 Å². The number of carbonyl (C=O) groups excluding carboxylic acids is 1. The maximum Gasteiger partial charge on any atom is 0.329 e. The Labute approximate surface area is 108 Å². The lowest BCUT2D eigenvalue weighted by Crippen LogP contribution is -2.60. The van der Waals surface area contributed by atoms with E-state index in [2.05, 4.69) is 5.32 Å². The van der Waals surface area contributed by atoms with Gasteiger partial charge in [-0.15, -0.1) is 0 Å². The number of aliphatic hydroxyl groups excluding tert-OH is 1. The summed E-state index contributed by atoms with van der Waals surface area (Å²) in [5.74, 6) is -1.05. The number of carbonyl (C=O) groups is 2. The largest absolute Gasteiger partial charge is 0.480 e. The van der Waals surface area contributed by atoms with Crippen LogP contribution in [0, 0.1) is 0 Å². The quantitative estimate of drug-likeness (QED) is 0.665. The Morgan fingerprint density at radius 3 is 1.94 bits per heavy atom. The second kappa shape index (κ2) is 6.04. The normalized spacial score (nSPS) is 12.1. The van der Waals surface area contributed by atoms with Crippen molar-refractivity contribution in [3.8, 4) is 0 Å². The van der Waals surface area contributed by atoms with E-state index in [0.29, 0.717) is 12.8 Å². The van der Waals surface area contributed by atoms with Crippen LogP contribution in [0.15, 0.2) is 0 Å². The highest BCUT2D eigenvalue weighted by Gasteiger charge is 2.39. The molecule has 2 amide bonds. The van der Waals surface area contributed by atoms with Gasteiger partial charge in [0.1, 0.15) is 5.54 Å². The Morgan fingerprint density at radius 1 is 1.22 bits per heavy atom. The summed E-state index contributed by atoms with van der Waals surface area (Å²) >= 11 is 0. The zero-order chi connectivity index (χ0) is 14.6. The van der Waals surface area contributed by atoms with Crippen molar-refractivity contribution in [1.29, 1.82) is 0 Å². The van der Waals surface area contributed by atoms with E-state index in [1.165, 1.54) is 11.9 Å². The smallest absolute Gasteiger partial charge is 0.329 e. The zero-order valence-electron chi connectivity index (χ0n) is 11.8. The van der Waals surface area contributed by atoms with Gasteiger partial charge < -0.3 is 20.4 Å². The van der Waals surface area contributed by atoms with Crippen molar-refractivity contribution < 1.29 is 19.8 Å². The minimum Gasteiger partial charge on any atom is -0.480 e. The van der Waals surface area contributed by atoms with Gasteiger partial charge in [0, 0.05) is 7.05 Å². The van der Waals surface area contributed by atoms with Crippen LogP contribution in [0.2, 0.25) is 0 Å². The summed E-state index contributed by atoms with van der Waals surface area (Å²) in [5.41, 5.74) is -1.99. The lowest BCUT2D eigenvalue weighted by Gasteiger charge is -2.37. The molecule has 0 aliphatic carbocycles. The monoisotopic (exact) mass is 260 g/mol. The van der Waals surface area contributed by atoms with Crippen molar-refractivity contribution in [3.05, 3.63) is 0 Å². The summed E-state index contributed by atoms with van der Waals surface area (Å²) < 4.78 is 0. The minimum absolute atomic E-state index is 0.199. The molecule has 0 unspecified atom stereocenters. The molecule has 106 valence electrons. The first-order valence-corrected chi connectivity index (χ1v) is 6.07. The molecule has 0 radical (unpaired) electrons. The lowest BCUT2D eigenvalue weighted by molar-refractivity contribution is -0.144. The highest BCUT2D eigenvalue weighted by atomic mass is 16.4. The van der Waals surface area contributed by atoms with E-state index >= 15 is 0 Å². The number of nitrogens with zero attached hydrogens (tertiary/aromatic N) is 1. The Morgan fingerprint density at radius 2 is 1.67 bits per heavy atom. The Bertz CT molecular complexity index is 311. The van der Waals surface area contributed by atoms with Gasteiger partial charge in [0.05, 0.1) is 12.1 Å². The molecule has 0 saturated heterocycles. The molecule has 0 aliphatic heterocycles. The highest BCUT2D eigenvalue weighted by Crippen LogP contribution is 2.18. The number of carboxylic acids is 1. The van der Waals surface area contributed by atoms with E-state index in [1.54, 1.807) is 27.7 Å². The van der Waals surface area contributed by atoms with Crippen LogP contribution in [-0.4, -0.2) is 51.8 Å². The highest BCUT2D eigenvalue weighted by molar-refractivity contribution is 5.86. The van der Waals surface area contributed by atoms with Crippen LogP contribution >= 0.6 is 0 Å². The molecule has 3 N–H and O–H groups in total. The van der Waals surface area contributed by atoms with Gasteiger partial charge in [0.15, 0.2) is 0 Å². The first kappa shape index (κ1) is 16.7. The molecule has 0 fully saturated rings. The molecule has 0 spiro atoms. The number of carboxylic acid groups (broad SMARTS) is 1. The van der Waals surface area contributed by atoms with Gasteiger partial charge in [0.25, 0.3) is 0 Å². The summed E-state index contributed by atoms with van der Waals surface area (Å²) in [6.45, 7) is 6.64. The van der Waals surface area contributed by atoms with E-state index in [-0.39, 0.29) is 6.61 Å². The third-order valence-corrected chi connectivity index (χ3v) is 3.56. The van der Waals surface area contributed by atoms with Crippen molar-refractivity contribution in [2.24, 2.45) is 0 Å². The number of hydrogen-bond acceptors (Lipinski definition) is 3. The third-order valence-electron chi connectivity index (χ3n) is 3.56. The number of urea groups is 1. The van der Waals surface area contributed by atoms with Crippen LogP contribution in [-0.2, 0) is 4.79 Å². The summed E-state index contributed by atoms with van der Waals surface area (Å²) in [6, 6.07) is -0.500. The molecule has 0 aromatic carbocycles. The first-order valence-electron chi connectivity index (χ1n) is 6.07. The molecular weight excluding hydrogens is 236 g/mol. The summed E-state index contributed by atoms with van der Waals surface area (Å²) in [5, 5.41) is 21.0. The number of likely N-dealkylation sites (N-methyl/N-ethyl adjacent to an activating group) is 1. The molecule has 0 aromatic rings. The Balaban J connectivity index is 4.98. The predicted molar refractivity (Wildman–Crippen MR) is 68.4 cm³/mol. The molecular formula is C12H24N2O4. The molecule has 0 rings (SSSR count). The van der Waals surface area contributed by atoms with Crippen LogP contribution in [0.3, 0.4) is 0 Å². The predicted octanol–water partition coefficient (Wildman–Crippen LogP) is 1.04. The average molecular weight is 260 g/mol. The molecule has 0 aromatic heterocycles. The molecule has 6 nitrogen and oxygen atoms in total. The first-order chi connectivity index (χ1) is 8.16. The van der Waals surface area contributed by atoms with Gasteiger partial charge in [-0.1, -0.05) is 13.8 Å². The van der Waals surface area contributed by atoms with E-state index in [1.807, 2.05) is 0 Å². The van der Waals surface area contributed by atoms with Crippen molar-refractivity contribution >= 4 is 12.0 Å². The summed E-state index contributed by atoms with van der Waals surface area (Å²) in [7, 11) is 1.53. The van der Waals surface area contributed by atoms with Gasteiger partial charge >= 0.3 is 12.0 Å². The van der Waals surface area contributed by atoms with Crippen LogP contribution in [0.1, 0.15) is 40.5 Å². The molecule has 0 bridgehead atoms. The molecule has 6 heteroatoms. The van der Waals surface area contributed by atoms with Crippen LogP contribution < -0.4 is 5.32 Å². The summed E-state index contributed by atoms with van der Waals surface area (Å²) in [6.07, 6.45) is 0.607. The topological polar surface area (TPSA) is 89.9 Å². The number of rotatable bonds is 6. The fourth-order valence-electron chi connectivity index (χ4n) is 1.45. The fraction of sp³-hybridized carbons (Fsp3) is 0.833. The molecule has 0 heterocycles. The SMILES string of the molecule is CCC(CC)(NC(=O)N(C)C(C)(C)CO)C(=O)O.